The largest absolute Gasteiger partial charge is 0.311 e. The summed E-state index contributed by atoms with van der Waals surface area (Å²) in [5.74, 6) is 0. The van der Waals surface area contributed by atoms with Gasteiger partial charge in [-0.3, -0.25) is 0 Å². The van der Waals surface area contributed by atoms with Crippen molar-refractivity contribution in [2.45, 2.75) is 5.41 Å². The van der Waals surface area contributed by atoms with E-state index in [1.165, 1.54) is 109 Å². The van der Waals surface area contributed by atoms with Gasteiger partial charge >= 0.3 is 0 Å². The van der Waals surface area contributed by atoms with Crippen LogP contribution in [0.1, 0.15) is 22.3 Å². The van der Waals surface area contributed by atoms with Crippen molar-refractivity contribution >= 4 is 65.6 Å². The monoisotopic (exact) mass is 1060 g/mol. The molecule has 14 aromatic rings. The lowest BCUT2D eigenvalue weighted by molar-refractivity contribution is 0.794. The fourth-order valence-corrected chi connectivity index (χ4v) is 14.6. The van der Waals surface area contributed by atoms with Crippen LogP contribution in [-0.4, -0.2) is 0 Å². The fourth-order valence-electron chi connectivity index (χ4n) is 13.5. The van der Waals surface area contributed by atoms with Crippen molar-refractivity contribution < 1.29 is 0 Å². The van der Waals surface area contributed by atoms with Gasteiger partial charge in [-0.25, -0.2) is 0 Å². The van der Waals surface area contributed by atoms with Crippen molar-refractivity contribution in [2.24, 2.45) is 0 Å². The van der Waals surface area contributed by atoms with Crippen LogP contribution in [0.5, 0.6) is 0 Å². The fraction of sp³-hybridized carbons (Fsp3) is 0.0127. The maximum absolute atomic E-state index is 2.51. The summed E-state index contributed by atoms with van der Waals surface area (Å²) < 4.78 is 2.62. The Labute approximate surface area is 482 Å². The molecule has 0 bridgehead atoms. The number of thiophene rings is 1. The molecule has 2 aliphatic rings. The summed E-state index contributed by atoms with van der Waals surface area (Å²) in [6.45, 7) is 0. The topological polar surface area (TPSA) is 6.48 Å². The number of fused-ring (bicyclic) bond motifs is 13. The molecule has 1 unspecified atom stereocenters. The molecule has 16 rings (SSSR count). The number of nitrogens with zero attached hydrogens (tertiary/aromatic N) is 2. The van der Waals surface area contributed by atoms with Crippen LogP contribution in [0, 0.1) is 0 Å². The summed E-state index contributed by atoms with van der Waals surface area (Å²) >= 11 is 1.88. The van der Waals surface area contributed by atoms with Crippen LogP contribution in [0.2, 0.25) is 0 Å². The first-order valence-electron chi connectivity index (χ1n) is 28.2. The SMILES string of the molecule is c1ccc(-c2ccc3c(c2)-c2c(-c4ccc(N(c5ccccc5)c5ccccc5)cc4)cccc2C32c3ccc(-c4ccc5c(c4)sc4ccccc45)cc3-c3c(-c4ccc(N(c5ccccc5)c5ccccc5)cc4)cccc32)cc1. The van der Waals surface area contributed by atoms with Crippen molar-refractivity contribution in [3.05, 3.63) is 338 Å². The third-order valence-electron chi connectivity index (χ3n) is 17.1. The van der Waals surface area contributed by atoms with E-state index in [0.29, 0.717) is 0 Å². The Bertz CT molecular complexity index is 4630. The van der Waals surface area contributed by atoms with Crippen molar-refractivity contribution in [1.29, 1.82) is 0 Å². The highest BCUT2D eigenvalue weighted by Crippen LogP contribution is 2.66. The highest BCUT2D eigenvalue weighted by molar-refractivity contribution is 7.25. The van der Waals surface area contributed by atoms with Crippen LogP contribution in [0.4, 0.5) is 34.1 Å². The van der Waals surface area contributed by atoms with Gasteiger partial charge in [0, 0.05) is 54.3 Å². The number of benzene rings is 13. The van der Waals surface area contributed by atoms with Gasteiger partial charge in [-0.2, -0.15) is 0 Å². The van der Waals surface area contributed by atoms with Crippen LogP contribution >= 0.6 is 11.3 Å². The zero-order valence-electron chi connectivity index (χ0n) is 44.8. The predicted molar refractivity (Wildman–Crippen MR) is 347 cm³/mol. The van der Waals surface area contributed by atoms with E-state index in [9.17, 15) is 0 Å². The molecule has 0 aliphatic heterocycles. The van der Waals surface area contributed by atoms with Crippen molar-refractivity contribution in [3.63, 3.8) is 0 Å². The van der Waals surface area contributed by atoms with E-state index in [1.807, 2.05) is 11.3 Å². The van der Waals surface area contributed by atoms with Crippen molar-refractivity contribution in [1.82, 2.24) is 0 Å². The van der Waals surface area contributed by atoms with Crippen LogP contribution < -0.4 is 9.80 Å². The second-order valence-corrected chi connectivity index (χ2v) is 22.6. The Kier molecular flexibility index (Phi) is 11.3. The molecular formula is C79H52N2S. The Balaban J connectivity index is 0.913. The van der Waals surface area contributed by atoms with Crippen LogP contribution in [0.3, 0.4) is 0 Å². The molecule has 0 saturated carbocycles. The van der Waals surface area contributed by atoms with E-state index < -0.39 is 5.41 Å². The molecule has 0 fully saturated rings. The van der Waals surface area contributed by atoms with Gasteiger partial charge in [0.25, 0.3) is 0 Å². The van der Waals surface area contributed by atoms with Crippen molar-refractivity contribution in [3.8, 4) is 66.8 Å². The maximum Gasteiger partial charge on any atom is 0.0726 e. The third kappa shape index (κ3) is 7.62. The molecule has 82 heavy (non-hydrogen) atoms. The van der Waals surface area contributed by atoms with Gasteiger partial charge in [0.05, 0.1) is 5.41 Å². The van der Waals surface area contributed by atoms with Gasteiger partial charge in [0.1, 0.15) is 0 Å². The van der Waals surface area contributed by atoms with E-state index in [-0.39, 0.29) is 0 Å². The summed E-state index contributed by atoms with van der Waals surface area (Å²) in [7, 11) is 0. The lowest BCUT2D eigenvalue weighted by Crippen LogP contribution is -2.25. The van der Waals surface area contributed by atoms with Crippen molar-refractivity contribution in [2.75, 3.05) is 9.80 Å². The minimum atomic E-state index is -0.626. The summed E-state index contributed by atoms with van der Waals surface area (Å²) in [4.78, 5) is 4.68. The van der Waals surface area contributed by atoms with Gasteiger partial charge in [0.2, 0.25) is 0 Å². The normalized spacial score (nSPS) is 13.7. The standard InChI is InChI=1S/C79H52N2S/c1-6-20-53(21-7-1)56-41-48-71-69(50-56)77-65(54-36-43-63(44-37-54)80(59-22-8-2-9-23-59)60-24-10-3-11-25-60)31-18-33-73(77)79(71)72-49-42-57(58-40-47-68-67-30-16-17-35-75(67)82-76(68)52-58)51-70(72)78-66(32-19-34-74(78)79)55-38-45-64(46-39-55)81(61-26-12-4-13-27-61)62-28-14-5-15-29-62/h1-52H. The van der Waals surface area contributed by atoms with Gasteiger partial charge in [-0.05, 0) is 186 Å². The van der Waals surface area contributed by atoms with Gasteiger partial charge < -0.3 is 9.80 Å². The molecule has 3 heteroatoms. The zero-order chi connectivity index (χ0) is 54.1. The third-order valence-corrected chi connectivity index (χ3v) is 18.2. The lowest BCUT2D eigenvalue weighted by Gasteiger charge is -2.31. The van der Waals surface area contributed by atoms with E-state index in [2.05, 4.69) is 325 Å². The first kappa shape index (κ1) is 47.7. The first-order chi connectivity index (χ1) is 40.7. The quantitative estimate of drug-likeness (QED) is 0.135. The first-order valence-corrected chi connectivity index (χ1v) is 29.0. The molecule has 0 N–H and O–H groups in total. The molecular weight excluding hydrogens is 1010 g/mol. The summed E-state index contributed by atoms with van der Waals surface area (Å²) in [6.07, 6.45) is 0. The molecule has 2 nitrogen and oxygen atoms in total. The minimum absolute atomic E-state index is 0.626. The summed E-state index contributed by atoms with van der Waals surface area (Å²) in [6, 6.07) is 117. The number of para-hydroxylation sites is 4. The Morgan fingerprint density at radius 2 is 0.585 bits per heavy atom. The molecule has 0 amide bonds. The second-order valence-electron chi connectivity index (χ2n) is 21.5. The summed E-state index contributed by atoms with van der Waals surface area (Å²) in [5, 5.41) is 2.62. The van der Waals surface area contributed by atoms with Crippen LogP contribution in [0.15, 0.2) is 315 Å². The molecule has 1 atom stereocenters. The molecule has 1 aromatic heterocycles. The highest BCUT2D eigenvalue weighted by Gasteiger charge is 2.53. The van der Waals surface area contributed by atoms with Gasteiger partial charge in [0.15, 0.2) is 0 Å². The Morgan fingerprint density at radius 1 is 0.220 bits per heavy atom. The van der Waals surface area contributed by atoms with E-state index >= 15 is 0 Å². The number of hydrogen-bond acceptors (Lipinski definition) is 3. The molecule has 0 saturated heterocycles. The van der Waals surface area contributed by atoms with Crippen LogP contribution in [0.25, 0.3) is 86.9 Å². The second kappa shape index (κ2) is 19.5. The molecule has 1 heterocycles. The number of hydrogen-bond donors (Lipinski definition) is 0. The zero-order valence-corrected chi connectivity index (χ0v) is 45.6. The predicted octanol–water partition coefficient (Wildman–Crippen LogP) is 22.0. The van der Waals surface area contributed by atoms with E-state index in [0.717, 1.165) is 34.1 Å². The van der Waals surface area contributed by atoms with Gasteiger partial charge in [-0.1, -0.05) is 218 Å². The summed E-state index contributed by atoms with van der Waals surface area (Å²) in [5.41, 5.74) is 26.0. The van der Waals surface area contributed by atoms with E-state index in [4.69, 9.17) is 0 Å². The average molecular weight is 1060 g/mol. The number of anilines is 6. The Hall–Kier alpha value is -10.3. The highest BCUT2D eigenvalue weighted by atomic mass is 32.1. The molecule has 1 spiro atoms. The lowest BCUT2D eigenvalue weighted by atomic mass is 9.70. The molecule has 2 aliphatic carbocycles. The van der Waals surface area contributed by atoms with Gasteiger partial charge in [-0.15, -0.1) is 11.3 Å². The molecule has 13 aromatic carbocycles. The maximum atomic E-state index is 2.51. The smallest absolute Gasteiger partial charge is 0.0726 e. The van der Waals surface area contributed by atoms with Crippen LogP contribution in [-0.2, 0) is 5.41 Å². The molecule has 384 valence electrons. The number of rotatable bonds is 10. The average Bonchev–Trinajstić information content (AvgIpc) is 1.73. The molecule has 0 radical (unpaired) electrons. The minimum Gasteiger partial charge on any atom is -0.311 e. The van der Waals surface area contributed by atoms with E-state index in [1.54, 1.807) is 0 Å². The Morgan fingerprint density at radius 3 is 1.06 bits per heavy atom.